The summed E-state index contributed by atoms with van der Waals surface area (Å²) in [6.07, 6.45) is 1.34. The third-order valence-corrected chi connectivity index (χ3v) is 2.48. The number of nitrogens with zero attached hydrogens (tertiary/aromatic N) is 3. The molecular weight excluding hydrogens is 238 g/mol. The predicted molar refractivity (Wildman–Crippen MR) is 61.1 cm³/mol. The first-order valence-corrected chi connectivity index (χ1v) is 5.18. The van der Waals surface area contributed by atoms with Crippen molar-refractivity contribution in [3.8, 4) is 0 Å². The fourth-order valence-electron chi connectivity index (χ4n) is 1.56. The minimum atomic E-state index is -1.07. The second kappa shape index (κ2) is 4.44. The van der Waals surface area contributed by atoms with Gasteiger partial charge in [0, 0.05) is 13.2 Å². The molecule has 18 heavy (non-hydrogen) atoms. The van der Waals surface area contributed by atoms with Crippen LogP contribution in [0, 0.1) is 6.92 Å². The van der Waals surface area contributed by atoms with Crippen molar-refractivity contribution in [1.82, 2.24) is 15.0 Å². The molecule has 0 radical (unpaired) electrons. The van der Waals surface area contributed by atoms with Gasteiger partial charge in [-0.2, -0.15) is 0 Å². The Kier molecular flexibility index (Phi) is 2.97. The zero-order valence-corrected chi connectivity index (χ0v) is 9.88. The molecule has 0 saturated heterocycles. The first kappa shape index (κ1) is 12.0. The number of hydrogen-bond donors (Lipinski definition) is 1. The molecule has 7 heteroatoms. The van der Waals surface area contributed by atoms with Crippen LogP contribution in [-0.4, -0.2) is 45.6 Å². The van der Waals surface area contributed by atoms with Crippen molar-refractivity contribution in [1.29, 1.82) is 0 Å². The zero-order valence-electron chi connectivity index (χ0n) is 9.88. The quantitative estimate of drug-likeness (QED) is 0.859. The molecule has 0 aliphatic rings. The van der Waals surface area contributed by atoms with Gasteiger partial charge in [-0.15, -0.1) is 0 Å². The minimum absolute atomic E-state index is 0.303. The number of rotatable bonds is 3. The van der Waals surface area contributed by atoms with Crippen molar-refractivity contribution in [3.05, 3.63) is 23.5 Å². The van der Waals surface area contributed by atoms with Crippen LogP contribution >= 0.6 is 0 Å². The van der Waals surface area contributed by atoms with Crippen molar-refractivity contribution in [2.24, 2.45) is 0 Å². The molecule has 1 amide bonds. The molecule has 0 aromatic carbocycles. The number of hydrogen-bond acceptors (Lipinski definition) is 5. The van der Waals surface area contributed by atoms with Gasteiger partial charge in [0.2, 0.25) is 0 Å². The summed E-state index contributed by atoms with van der Waals surface area (Å²) in [6.45, 7) is 1.38. The summed E-state index contributed by atoms with van der Waals surface area (Å²) < 4.78 is 4.93. The lowest BCUT2D eigenvalue weighted by atomic mass is 10.2. The molecule has 0 aliphatic heterocycles. The summed E-state index contributed by atoms with van der Waals surface area (Å²) >= 11 is 0. The summed E-state index contributed by atoms with van der Waals surface area (Å²) in [7, 11) is 1.42. The van der Waals surface area contributed by atoms with Gasteiger partial charge in [-0.05, 0) is 13.0 Å². The molecule has 0 saturated carbocycles. The average Bonchev–Trinajstić information content (AvgIpc) is 2.69. The van der Waals surface area contributed by atoms with Crippen LogP contribution in [0.5, 0.6) is 0 Å². The van der Waals surface area contributed by atoms with Crippen molar-refractivity contribution in [3.63, 3.8) is 0 Å². The molecule has 1 N–H and O–H groups in total. The van der Waals surface area contributed by atoms with Crippen LogP contribution in [0.15, 0.2) is 16.8 Å². The molecule has 2 heterocycles. The van der Waals surface area contributed by atoms with E-state index in [4.69, 9.17) is 9.63 Å². The fourth-order valence-corrected chi connectivity index (χ4v) is 1.56. The van der Waals surface area contributed by atoms with Crippen molar-refractivity contribution in [2.45, 2.75) is 6.92 Å². The van der Waals surface area contributed by atoms with Gasteiger partial charge in [0.1, 0.15) is 6.54 Å². The van der Waals surface area contributed by atoms with Gasteiger partial charge in [0.25, 0.3) is 11.6 Å². The van der Waals surface area contributed by atoms with E-state index in [9.17, 15) is 9.59 Å². The Labute approximate surface area is 102 Å². The van der Waals surface area contributed by atoms with E-state index in [1.807, 2.05) is 0 Å². The SMILES string of the molecule is Cc1noc2ncc(C(=O)N(C)CC(=O)O)cc12. The van der Waals surface area contributed by atoms with Crippen LogP contribution in [-0.2, 0) is 4.79 Å². The third-order valence-electron chi connectivity index (χ3n) is 2.48. The van der Waals surface area contributed by atoms with E-state index in [0.717, 1.165) is 4.90 Å². The largest absolute Gasteiger partial charge is 0.480 e. The standard InChI is InChI=1S/C11H11N3O4/c1-6-8-3-7(4-12-10(8)18-13-6)11(17)14(2)5-9(15)16/h3-4H,5H2,1-2H3,(H,15,16). The summed E-state index contributed by atoms with van der Waals surface area (Å²) in [5.74, 6) is -1.48. The molecular formula is C11H11N3O4. The Balaban J connectivity index is 2.32. The van der Waals surface area contributed by atoms with E-state index < -0.39 is 11.9 Å². The Hall–Kier alpha value is -2.44. The number of carboxylic acids is 1. The summed E-state index contributed by atoms with van der Waals surface area (Å²) in [5, 5.41) is 13.0. The van der Waals surface area contributed by atoms with Gasteiger partial charge in [-0.1, -0.05) is 5.16 Å². The molecule has 0 atom stereocenters. The number of aliphatic carboxylic acids is 1. The van der Waals surface area contributed by atoms with E-state index in [-0.39, 0.29) is 6.54 Å². The summed E-state index contributed by atoms with van der Waals surface area (Å²) in [4.78, 5) is 27.5. The molecule has 7 nitrogen and oxygen atoms in total. The molecule has 0 spiro atoms. The van der Waals surface area contributed by atoms with E-state index in [1.165, 1.54) is 13.2 Å². The second-order valence-electron chi connectivity index (χ2n) is 3.90. The smallest absolute Gasteiger partial charge is 0.323 e. The van der Waals surface area contributed by atoms with Crippen LogP contribution in [0.3, 0.4) is 0 Å². The maximum Gasteiger partial charge on any atom is 0.323 e. The molecule has 2 aromatic heterocycles. The van der Waals surface area contributed by atoms with Crippen molar-refractivity contribution < 1.29 is 19.2 Å². The summed E-state index contributed by atoms with van der Waals surface area (Å²) in [6, 6.07) is 1.59. The fraction of sp³-hybridized carbons (Fsp3) is 0.273. The van der Waals surface area contributed by atoms with Crippen LogP contribution in [0.25, 0.3) is 11.1 Å². The lowest BCUT2D eigenvalue weighted by Gasteiger charge is -2.13. The van der Waals surface area contributed by atoms with Crippen molar-refractivity contribution in [2.75, 3.05) is 13.6 Å². The number of carboxylic acid groups (broad SMARTS) is 1. The van der Waals surface area contributed by atoms with E-state index >= 15 is 0 Å². The molecule has 94 valence electrons. The Morgan fingerprint density at radius 1 is 1.50 bits per heavy atom. The Bertz CT molecular complexity index is 620. The topological polar surface area (TPSA) is 96.5 Å². The minimum Gasteiger partial charge on any atom is -0.480 e. The zero-order chi connectivity index (χ0) is 13.3. The number of fused-ring (bicyclic) bond motifs is 1. The molecule has 0 aliphatic carbocycles. The molecule has 0 unspecified atom stereocenters. The normalized spacial score (nSPS) is 10.6. The summed E-state index contributed by atoms with van der Waals surface area (Å²) in [5.41, 5.74) is 1.29. The van der Waals surface area contributed by atoms with Crippen LogP contribution < -0.4 is 0 Å². The molecule has 0 bridgehead atoms. The van der Waals surface area contributed by atoms with E-state index in [2.05, 4.69) is 10.1 Å². The first-order valence-electron chi connectivity index (χ1n) is 5.18. The highest BCUT2D eigenvalue weighted by Crippen LogP contribution is 2.17. The number of carbonyl (C=O) groups excluding carboxylic acids is 1. The van der Waals surface area contributed by atoms with Gasteiger partial charge in [-0.25, -0.2) is 4.98 Å². The Morgan fingerprint density at radius 3 is 2.89 bits per heavy atom. The lowest BCUT2D eigenvalue weighted by Crippen LogP contribution is -2.31. The number of pyridine rings is 1. The van der Waals surface area contributed by atoms with Gasteiger partial charge < -0.3 is 14.5 Å². The number of aromatic nitrogens is 2. The third kappa shape index (κ3) is 2.15. The monoisotopic (exact) mass is 249 g/mol. The highest BCUT2D eigenvalue weighted by Gasteiger charge is 2.16. The lowest BCUT2D eigenvalue weighted by molar-refractivity contribution is -0.137. The van der Waals surface area contributed by atoms with Crippen LogP contribution in [0.4, 0.5) is 0 Å². The molecule has 2 rings (SSSR count). The van der Waals surface area contributed by atoms with Gasteiger partial charge in [-0.3, -0.25) is 9.59 Å². The highest BCUT2D eigenvalue weighted by molar-refractivity contribution is 5.98. The average molecular weight is 249 g/mol. The van der Waals surface area contributed by atoms with E-state index in [0.29, 0.717) is 22.4 Å². The predicted octanol–water partition coefficient (Wildman–Crippen LogP) is 0.688. The van der Waals surface area contributed by atoms with Crippen molar-refractivity contribution >= 4 is 23.0 Å². The maximum absolute atomic E-state index is 11.9. The van der Waals surface area contributed by atoms with Gasteiger partial charge in [0.05, 0.1) is 16.6 Å². The second-order valence-corrected chi connectivity index (χ2v) is 3.90. The van der Waals surface area contributed by atoms with Crippen LogP contribution in [0.1, 0.15) is 16.1 Å². The number of aryl methyl sites for hydroxylation is 1. The molecule has 2 aromatic rings. The maximum atomic E-state index is 11.9. The Morgan fingerprint density at radius 2 is 2.22 bits per heavy atom. The highest BCUT2D eigenvalue weighted by atomic mass is 16.5. The van der Waals surface area contributed by atoms with E-state index in [1.54, 1.807) is 13.0 Å². The van der Waals surface area contributed by atoms with Gasteiger partial charge in [0.15, 0.2) is 0 Å². The first-order chi connectivity index (χ1) is 8.49. The number of carbonyl (C=O) groups is 2. The number of amides is 1. The molecule has 0 fully saturated rings. The van der Waals surface area contributed by atoms with Gasteiger partial charge >= 0.3 is 5.97 Å². The van der Waals surface area contributed by atoms with Crippen LogP contribution in [0.2, 0.25) is 0 Å². The number of likely N-dealkylation sites (N-methyl/N-ethyl adjacent to an activating group) is 1.